The van der Waals surface area contributed by atoms with Crippen molar-refractivity contribution in [3.63, 3.8) is 0 Å². The topological polar surface area (TPSA) is 99.3 Å². The quantitative estimate of drug-likeness (QED) is 0.391. The number of halogens is 1. The van der Waals surface area contributed by atoms with Crippen LogP contribution in [0.5, 0.6) is 11.5 Å². The summed E-state index contributed by atoms with van der Waals surface area (Å²) in [6.45, 7) is 7.66. The van der Waals surface area contributed by atoms with Gasteiger partial charge in [0.15, 0.2) is 0 Å². The number of carbonyl (C=O) groups excluding carboxylic acids is 1. The number of aryl methyl sites for hydroxylation is 2. The van der Waals surface area contributed by atoms with Gasteiger partial charge in [-0.05, 0) is 66.4 Å². The second kappa shape index (κ2) is 8.66. The maximum atomic E-state index is 12.4. The van der Waals surface area contributed by atoms with Gasteiger partial charge in [-0.25, -0.2) is 0 Å². The zero-order valence-corrected chi connectivity index (χ0v) is 18.6. The first kappa shape index (κ1) is 21.5. The van der Waals surface area contributed by atoms with Crippen LogP contribution < -0.4 is 10.1 Å². The molecular formula is C21H21BrN4O4. The summed E-state index contributed by atoms with van der Waals surface area (Å²) < 4.78 is 8.28. The van der Waals surface area contributed by atoms with E-state index in [-0.39, 0.29) is 29.6 Å². The first-order valence-electron chi connectivity index (χ1n) is 9.17. The van der Waals surface area contributed by atoms with Crippen LogP contribution >= 0.6 is 15.9 Å². The molecule has 0 aliphatic heterocycles. The highest BCUT2D eigenvalue weighted by Crippen LogP contribution is 2.33. The molecule has 0 fully saturated rings. The summed E-state index contributed by atoms with van der Waals surface area (Å²) in [4.78, 5) is 23.3. The maximum Gasteiger partial charge on any atom is 0.275 e. The number of carbonyl (C=O) groups is 1. The lowest BCUT2D eigenvalue weighted by Gasteiger charge is -2.13. The summed E-state index contributed by atoms with van der Waals surface area (Å²) in [5.74, 6) is 0.524. The van der Waals surface area contributed by atoms with Gasteiger partial charge in [0, 0.05) is 12.1 Å². The zero-order chi connectivity index (χ0) is 22.0. The minimum atomic E-state index is -0.522. The van der Waals surface area contributed by atoms with Crippen LogP contribution in [0.3, 0.4) is 0 Å². The fourth-order valence-corrected chi connectivity index (χ4v) is 3.27. The molecule has 1 amide bonds. The molecule has 1 aromatic heterocycles. The molecule has 0 bridgehead atoms. The van der Waals surface area contributed by atoms with E-state index in [0.717, 1.165) is 26.9 Å². The lowest BCUT2D eigenvalue weighted by atomic mass is 10.1. The van der Waals surface area contributed by atoms with Crippen molar-refractivity contribution in [2.75, 3.05) is 5.32 Å². The SMILES string of the molecule is Cc1cc(C)c(C)c(Oc2cc(NC(=O)Cn3ncc(Br)c3C)cc([N+](=O)[O-])c2)c1. The maximum absolute atomic E-state index is 12.4. The lowest BCUT2D eigenvalue weighted by Crippen LogP contribution is -2.20. The van der Waals surface area contributed by atoms with Gasteiger partial charge in [0.2, 0.25) is 5.91 Å². The molecule has 3 aromatic rings. The van der Waals surface area contributed by atoms with E-state index < -0.39 is 4.92 Å². The molecule has 0 atom stereocenters. The average Bonchev–Trinajstić information content (AvgIpc) is 2.97. The van der Waals surface area contributed by atoms with E-state index in [2.05, 4.69) is 26.3 Å². The van der Waals surface area contributed by atoms with E-state index in [1.165, 1.54) is 16.8 Å². The van der Waals surface area contributed by atoms with Gasteiger partial charge in [-0.3, -0.25) is 19.6 Å². The number of ether oxygens (including phenoxy) is 1. The van der Waals surface area contributed by atoms with Gasteiger partial charge in [-0.1, -0.05) is 6.07 Å². The van der Waals surface area contributed by atoms with E-state index in [0.29, 0.717) is 5.75 Å². The number of rotatable bonds is 6. The Hall–Kier alpha value is -3.20. The summed E-state index contributed by atoms with van der Waals surface area (Å²) in [7, 11) is 0. The molecule has 0 aliphatic carbocycles. The van der Waals surface area contributed by atoms with Crippen molar-refractivity contribution in [2.45, 2.75) is 34.2 Å². The summed E-state index contributed by atoms with van der Waals surface area (Å²) in [6.07, 6.45) is 1.61. The van der Waals surface area contributed by atoms with Crippen molar-refractivity contribution in [3.8, 4) is 11.5 Å². The number of nitrogens with zero attached hydrogens (tertiary/aromatic N) is 3. The Kier molecular flexibility index (Phi) is 6.21. The minimum Gasteiger partial charge on any atom is -0.457 e. The number of hydrogen-bond acceptors (Lipinski definition) is 5. The van der Waals surface area contributed by atoms with Crippen molar-refractivity contribution in [3.05, 3.63) is 73.5 Å². The van der Waals surface area contributed by atoms with Crippen LogP contribution in [0.2, 0.25) is 0 Å². The monoisotopic (exact) mass is 472 g/mol. The number of anilines is 1. The molecule has 1 N–H and O–H groups in total. The second-order valence-electron chi connectivity index (χ2n) is 7.06. The molecule has 2 aromatic carbocycles. The van der Waals surface area contributed by atoms with Crippen LogP contribution in [0, 0.1) is 37.8 Å². The summed E-state index contributed by atoms with van der Waals surface area (Å²) in [5.41, 5.74) is 3.92. The van der Waals surface area contributed by atoms with Gasteiger partial charge in [-0.15, -0.1) is 0 Å². The van der Waals surface area contributed by atoms with E-state index in [9.17, 15) is 14.9 Å². The number of benzene rings is 2. The molecule has 156 valence electrons. The first-order chi connectivity index (χ1) is 14.1. The Balaban J connectivity index is 1.87. The Labute approximate surface area is 182 Å². The Morgan fingerprint density at radius 1 is 1.20 bits per heavy atom. The predicted octanol–water partition coefficient (Wildman–Crippen LogP) is 5.22. The number of aromatic nitrogens is 2. The van der Waals surface area contributed by atoms with Crippen LogP contribution in [0.25, 0.3) is 0 Å². The molecule has 0 unspecified atom stereocenters. The van der Waals surface area contributed by atoms with Gasteiger partial charge in [0.1, 0.15) is 18.0 Å². The van der Waals surface area contributed by atoms with Crippen LogP contribution in [0.4, 0.5) is 11.4 Å². The highest BCUT2D eigenvalue weighted by molar-refractivity contribution is 9.10. The van der Waals surface area contributed by atoms with Gasteiger partial charge < -0.3 is 10.1 Å². The fourth-order valence-electron chi connectivity index (χ4n) is 2.97. The van der Waals surface area contributed by atoms with Crippen LogP contribution in [-0.2, 0) is 11.3 Å². The summed E-state index contributed by atoms with van der Waals surface area (Å²) >= 11 is 3.35. The third kappa shape index (κ3) is 4.85. The van der Waals surface area contributed by atoms with Crippen molar-refractivity contribution in [1.29, 1.82) is 0 Å². The van der Waals surface area contributed by atoms with Crippen molar-refractivity contribution in [1.82, 2.24) is 9.78 Å². The number of amides is 1. The van der Waals surface area contributed by atoms with Crippen LogP contribution in [0.15, 0.2) is 41.0 Å². The number of non-ortho nitro benzene ring substituents is 1. The largest absolute Gasteiger partial charge is 0.457 e. The second-order valence-corrected chi connectivity index (χ2v) is 7.92. The van der Waals surface area contributed by atoms with Gasteiger partial charge >= 0.3 is 0 Å². The van der Waals surface area contributed by atoms with Crippen molar-refractivity contribution >= 4 is 33.2 Å². The summed E-state index contributed by atoms with van der Waals surface area (Å²) in [6, 6.07) is 8.11. The van der Waals surface area contributed by atoms with Crippen LogP contribution in [-0.4, -0.2) is 20.6 Å². The van der Waals surface area contributed by atoms with E-state index in [4.69, 9.17) is 4.74 Å². The van der Waals surface area contributed by atoms with Gasteiger partial charge in [0.25, 0.3) is 5.69 Å². The Morgan fingerprint density at radius 3 is 2.57 bits per heavy atom. The molecule has 0 radical (unpaired) electrons. The third-order valence-corrected chi connectivity index (χ3v) is 5.49. The average molecular weight is 473 g/mol. The standard InChI is InChI=1S/C21H21BrN4O4/c1-12-5-13(2)14(3)20(6-12)30-18-8-16(7-17(9-18)26(28)29)24-21(27)11-25-15(4)19(22)10-23-25/h5-10H,11H2,1-4H3,(H,24,27). The molecule has 0 spiro atoms. The normalized spacial score (nSPS) is 10.7. The molecule has 3 rings (SSSR count). The van der Waals surface area contributed by atoms with E-state index >= 15 is 0 Å². The fraction of sp³-hybridized carbons (Fsp3) is 0.238. The number of nitro benzene ring substituents is 1. The van der Waals surface area contributed by atoms with E-state index in [1.807, 2.05) is 39.8 Å². The third-order valence-electron chi connectivity index (χ3n) is 4.71. The Bertz CT molecular complexity index is 1140. The number of hydrogen-bond donors (Lipinski definition) is 1. The van der Waals surface area contributed by atoms with Crippen molar-refractivity contribution < 1.29 is 14.5 Å². The van der Waals surface area contributed by atoms with Gasteiger partial charge in [0.05, 0.1) is 33.0 Å². The lowest BCUT2D eigenvalue weighted by molar-refractivity contribution is -0.384. The first-order valence-corrected chi connectivity index (χ1v) is 9.96. The number of nitrogens with one attached hydrogen (secondary N) is 1. The Morgan fingerprint density at radius 2 is 1.93 bits per heavy atom. The molecular weight excluding hydrogens is 452 g/mol. The number of nitro groups is 1. The zero-order valence-electron chi connectivity index (χ0n) is 17.0. The highest BCUT2D eigenvalue weighted by atomic mass is 79.9. The van der Waals surface area contributed by atoms with Gasteiger partial charge in [-0.2, -0.15) is 5.10 Å². The van der Waals surface area contributed by atoms with Crippen molar-refractivity contribution in [2.24, 2.45) is 0 Å². The molecule has 0 saturated carbocycles. The highest BCUT2D eigenvalue weighted by Gasteiger charge is 2.15. The van der Waals surface area contributed by atoms with Crippen LogP contribution in [0.1, 0.15) is 22.4 Å². The molecule has 1 heterocycles. The predicted molar refractivity (Wildman–Crippen MR) is 117 cm³/mol. The summed E-state index contributed by atoms with van der Waals surface area (Å²) in [5, 5.41) is 18.2. The molecule has 8 nitrogen and oxygen atoms in total. The molecule has 0 aliphatic rings. The smallest absolute Gasteiger partial charge is 0.275 e. The van der Waals surface area contributed by atoms with E-state index in [1.54, 1.807) is 12.3 Å². The minimum absolute atomic E-state index is 0.0213. The molecule has 0 saturated heterocycles. The molecule has 30 heavy (non-hydrogen) atoms. The molecule has 9 heteroatoms.